The van der Waals surface area contributed by atoms with Crippen molar-refractivity contribution in [1.82, 2.24) is 19.5 Å². The first kappa shape index (κ1) is 17.6. The Morgan fingerprint density at radius 3 is 2.60 bits per heavy atom. The summed E-state index contributed by atoms with van der Waals surface area (Å²) >= 11 is 1.42. The summed E-state index contributed by atoms with van der Waals surface area (Å²) in [5, 5.41) is 4.99. The van der Waals surface area contributed by atoms with E-state index in [-0.39, 0.29) is 5.56 Å². The Labute approximate surface area is 150 Å². The van der Waals surface area contributed by atoms with Gasteiger partial charge in [0.25, 0.3) is 5.56 Å². The van der Waals surface area contributed by atoms with E-state index in [4.69, 9.17) is 4.74 Å². The predicted octanol–water partition coefficient (Wildman–Crippen LogP) is 2.59. The molecule has 0 radical (unpaired) electrons. The third-order valence-electron chi connectivity index (χ3n) is 3.77. The molecule has 2 aromatic heterocycles. The number of hydrogen-bond acceptors (Lipinski definition) is 6. The van der Waals surface area contributed by atoms with Crippen molar-refractivity contribution in [3.8, 4) is 5.75 Å². The van der Waals surface area contributed by atoms with Gasteiger partial charge in [-0.15, -0.1) is 0 Å². The summed E-state index contributed by atoms with van der Waals surface area (Å²) in [5.41, 5.74) is 3.01. The molecule has 0 saturated heterocycles. The Kier molecular flexibility index (Phi) is 5.15. The average Bonchev–Trinajstić information content (AvgIpc) is 2.87. The first-order chi connectivity index (χ1) is 11.9. The van der Waals surface area contributed by atoms with E-state index in [1.54, 1.807) is 6.07 Å². The maximum Gasteiger partial charge on any atom is 0.275 e. The fourth-order valence-electron chi connectivity index (χ4n) is 2.72. The van der Waals surface area contributed by atoms with Crippen LogP contribution in [0.5, 0.6) is 5.75 Å². The monoisotopic (exact) mass is 358 g/mol. The second kappa shape index (κ2) is 7.33. The fraction of sp³-hybridized carbons (Fsp3) is 0.389. The molecule has 0 atom stereocenters. The number of aryl methyl sites for hydroxylation is 3. The molecular weight excluding hydrogens is 336 g/mol. The van der Waals surface area contributed by atoms with Crippen molar-refractivity contribution in [3.63, 3.8) is 0 Å². The van der Waals surface area contributed by atoms with Gasteiger partial charge in [0.05, 0.1) is 5.69 Å². The summed E-state index contributed by atoms with van der Waals surface area (Å²) in [7, 11) is 1.99. The van der Waals surface area contributed by atoms with Crippen LogP contribution in [0, 0.1) is 20.8 Å². The SMILES string of the molecule is Cc1cc(C)cc(OCCN(C)Cc2cc(=O)n3nc(C)sc3n2)c1. The number of nitrogens with zero attached hydrogens (tertiary/aromatic N) is 4. The highest BCUT2D eigenvalue weighted by Gasteiger charge is 2.09. The van der Waals surface area contributed by atoms with Gasteiger partial charge in [0.2, 0.25) is 4.96 Å². The van der Waals surface area contributed by atoms with Crippen LogP contribution >= 0.6 is 11.3 Å². The molecule has 0 N–H and O–H groups in total. The Hall–Kier alpha value is -2.25. The van der Waals surface area contributed by atoms with Gasteiger partial charge in [0.1, 0.15) is 17.4 Å². The molecule has 0 bridgehead atoms. The molecule has 0 aliphatic rings. The molecule has 3 rings (SSSR count). The fourth-order valence-corrected chi connectivity index (χ4v) is 3.49. The highest BCUT2D eigenvalue weighted by molar-refractivity contribution is 7.16. The molecule has 3 aromatic rings. The molecule has 25 heavy (non-hydrogen) atoms. The molecule has 2 heterocycles. The third-order valence-corrected chi connectivity index (χ3v) is 4.59. The third kappa shape index (κ3) is 4.43. The van der Waals surface area contributed by atoms with E-state index in [9.17, 15) is 4.79 Å². The predicted molar refractivity (Wildman–Crippen MR) is 99.6 cm³/mol. The quantitative estimate of drug-likeness (QED) is 0.678. The second-order valence-corrected chi connectivity index (χ2v) is 7.47. The molecule has 0 aliphatic carbocycles. The average molecular weight is 358 g/mol. The van der Waals surface area contributed by atoms with Gasteiger partial charge in [-0.25, -0.2) is 4.98 Å². The van der Waals surface area contributed by atoms with Crippen LogP contribution in [0.2, 0.25) is 0 Å². The number of likely N-dealkylation sites (N-methyl/N-ethyl adjacent to an activating group) is 1. The van der Waals surface area contributed by atoms with Crippen LogP contribution in [-0.4, -0.2) is 39.7 Å². The van der Waals surface area contributed by atoms with Gasteiger partial charge in [-0.1, -0.05) is 17.4 Å². The van der Waals surface area contributed by atoms with Crippen molar-refractivity contribution in [3.05, 3.63) is 56.4 Å². The molecule has 7 heteroatoms. The largest absolute Gasteiger partial charge is 0.492 e. The van der Waals surface area contributed by atoms with E-state index in [1.165, 1.54) is 27.0 Å². The van der Waals surface area contributed by atoms with E-state index < -0.39 is 0 Å². The Morgan fingerprint density at radius 1 is 1.16 bits per heavy atom. The minimum atomic E-state index is -0.135. The zero-order valence-electron chi connectivity index (χ0n) is 14.9. The smallest absolute Gasteiger partial charge is 0.275 e. The van der Waals surface area contributed by atoms with Crippen LogP contribution in [0.15, 0.2) is 29.1 Å². The van der Waals surface area contributed by atoms with Gasteiger partial charge in [-0.2, -0.15) is 9.61 Å². The van der Waals surface area contributed by atoms with Crippen molar-refractivity contribution in [2.24, 2.45) is 0 Å². The highest BCUT2D eigenvalue weighted by Crippen LogP contribution is 2.16. The van der Waals surface area contributed by atoms with Crippen molar-refractivity contribution >= 4 is 16.3 Å². The Balaban J connectivity index is 1.59. The van der Waals surface area contributed by atoms with E-state index in [0.29, 0.717) is 18.1 Å². The lowest BCUT2D eigenvalue weighted by Gasteiger charge is -2.16. The highest BCUT2D eigenvalue weighted by atomic mass is 32.1. The van der Waals surface area contributed by atoms with Crippen LogP contribution in [0.4, 0.5) is 0 Å². The number of benzene rings is 1. The molecule has 0 unspecified atom stereocenters. The van der Waals surface area contributed by atoms with Gasteiger partial charge in [-0.05, 0) is 51.1 Å². The lowest BCUT2D eigenvalue weighted by molar-refractivity contribution is 0.231. The molecule has 132 valence electrons. The van der Waals surface area contributed by atoms with Gasteiger partial charge in [0, 0.05) is 19.2 Å². The van der Waals surface area contributed by atoms with Gasteiger partial charge < -0.3 is 4.74 Å². The summed E-state index contributed by atoms with van der Waals surface area (Å²) in [5.74, 6) is 0.892. The van der Waals surface area contributed by atoms with Gasteiger partial charge >= 0.3 is 0 Å². The van der Waals surface area contributed by atoms with Crippen molar-refractivity contribution < 1.29 is 4.74 Å². The van der Waals surface area contributed by atoms with E-state index >= 15 is 0 Å². The van der Waals surface area contributed by atoms with Crippen molar-refractivity contribution in [1.29, 1.82) is 0 Å². The number of fused-ring (bicyclic) bond motifs is 1. The van der Waals surface area contributed by atoms with Crippen LogP contribution in [-0.2, 0) is 6.54 Å². The number of rotatable bonds is 6. The summed E-state index contributed by atoms with van der Waals surface area (Å²) in [6.45, 7) is 7.92. The molecule has 6 nitrogen and oxygen atoms in total. The van der Waals surface area contributed by atoms with Crippen LogP contribution in [0.25, 0.3) is 4.96 Å². The standard InChI is InChI=1S/C18H22N4O2S/c1-12-7-13(2)9-16(8-12)24-6-5-21(4)11-15-10-17(23)22-18(19-15)25-14(3)20-22/h7-10H,5-6,11H2,1-4H3. The Morgan fingerprint density at radius 2 is 1.88 bits per heavy atom. The number of aromatic nitrogens is 3. The second-order valence-electron chi connectivity index (χ2n) is 6.31. The molecule has 0 amide bonds. The molecule has 0 aliphatic heterocycles. The van der Waals surface area contributed by atoms with Crippen molar-refractivity contribution in [2.75, 3.05) is 20.2 Å². The van der Waals surface area contributed by atoms with E-state index in [2.05, 4.69) is 34.9 Å². The number of hydrogen-bond donors (Lipinski definition) is 0. The summed E-state index contributed by atoms with van der Waals surface area (Å²) < 4.78 is 7.19. The summed E-state index contributed by atoms with van der Waals surface area (Å²) in [4.78, 5) is 19.3. The summed E-state index contributed by atoms with van der Waals surface area (Å²) in [6, 6.07) is 7.75. The first-order valence-corrected chi connectivity index (χ1v) is 8.98. The molecule has 0 spiro atoms. The maximum atomic E-state index is 12.1. The molecule has 1 aromatic carbocycles. The van der Waals surface area contributed by atoms with E-state index in [1.807, 2.05) is 26.1 Å². The molecule has 0 fully saturated rings. The van der Waals surface area contributed by atoms with Crippen LogP contribution < -0.4 is 10.3 Å². The summed E-state index contributed by atoms with van der Waals surface area (Å²) in [6.07, 6.45) is 0. The Bertz CT molecular complexity index is 928. The normalized spacial score (nSPS) is 11.4. The molecular formula is C18H22N4O2S. The van der Waals surface area contributed by atoms with Gasteiger partial charge in [-0.3, -0.25) is 9.69 Å². The van der Waals surface area contributed by atoms with Gasteiger partial charge in [0.15, 0.2) is 0 Å². The topological polar surface area (TPSA) is 59.7 Å². The minimum Gasteiger partial charge on any atom is -0.492 e. The zero-order valence-corrected chi connectivity index (χ0v) is 15.8. The lowest BCUT2D eigenvalue weighted by atomic mass is 10.1. The number of ether oxygens (including phenoxy) is 1. The molecule has 0 saturated carbocycles. The zero-order chi connectivity index (χ0) is 18.0. The van der Waals surface area contributed by atoms with Crippen LogP contribution in [0.3, 0.4) is 0 Å². The lowest BCUT2D eigenvalue weighted by Crippen LogP contribution is -2.26. The first-order valence-electron chi connectivity index (χ1n) is 8.17. The van der Waals surface area contributed by atoms with Crippen molar-refractivity contribution in [2.45, 2.75) is 27.3 Å². The van der Waals surface area contributed by atoms with Crippen LogP contribution in [0.1, 0.15) is 21.8 Å². The van der Waals surface area contributed by atoms with E-state index in [0.717, 1.165) is 23.0 Å². The maximum absolute atomic E-state index is 12.1. The minimum absolute atomic E-state index is 0.135.